The SMILES string of the molecule is O=C(NC(CC(F)F)C(=O)O)c1ccc(Cl)s1. The molecule has 17 heavy (non-hydrogen) atoms. The molecule has 1 rings (SSSR count). The molecule has 4 nitrogen and oxygen atoms in total. The fraction of sp³-hybridized carbons (Fsp3) is 0.333. The van der Waals surface area contributed by atoms with E-state index >= 15 is 0 Å². The lowest BCUT2D eigenvalue weighted by Gasteiger charge is -2.12. The number of hydrogen-bond donors (Lipinski definition) is 2. The number of carboxylic acids is 1. The average molecular weight is 284 g/mol. The Morgan fingerprint density at radius 2 is 2.12 bits per heavy atom. The number of nitrogens with one attached hydrogen (secondary N) is 1. The zero-order chi connectivity index (χ0) is 13.0. The van der Waals surface area contributed by atoms with E-state index in [1.807, 2.05) is 5.32 Å². The molecular weight excluding hydrogens is 276 g/mol. The second-order valence-electron chi connectivity index (χ2n) is 3.09. The molecule has 8 heteroatoms. The van der Waals surface area contributed by atoms with E-state index in [0.29, 0.717) is 4.34 Å². The van der Waals surface area contributed by atoms with Crippen molar-refractivity contribution in [1.82, 2.24) is 5.32 Å². The highest BCUT2D eigenvalue weighted by Crippen LogP contribution is 2.21. The maximum absolute atomic E-state index is 12.1. The first-order chi connectivity index (χ1) is 7.90. The summed E-state index contributed by atoms with van der Waals surface area (Å²) in [6, 6.07) is 1.25. The van der Waals surface area contributed by atoms with Gasteiger partial charge in [0.25, 0.3) is 5.91 Å². The van der Waals surface area contributed by atoms with E-state index < -0.39 is 30.8 Å². The van der Waals surface area contributed by atoms with Gasteiger partial charge in [-0.25, -0.2) is 13.6 Å². The molecule has 0 saturated carbocycles. The first-order valence-electron chi connectivity index (χ1n) is 4.47. The van der Waals surface area contributed by atoms with Crippen molar-refractivity contribution < 1.29 is 23.5 Å². The molecule has 1 aromatic heterocycles. The van der Waals surface area contributed by atoms with Crippen LogP contribution in [0.4, 0.5) is 8.78 Å². The average Bonchev–Trinajstić information content (AvgIpc) is 2.63. The Morgan fingerprint density at radius 3 is 2.53 bits per heavy atom. The third-order valence-corrected chi connectivity index (χ3v) is 3.04. The van der Waals surface area contributed by atoms with Crippen molar-refractivity contribution in [2.45, 2.75) is 18.9 Å². The number of thiophene rings is 1. The van der Waals surface area contributed by atoms with Gasteiger partial charge in [0.05, 0.1) is 9.21 Å². The highest BCUT2D eigenvalue weighted by molar-refractivity contribution is 7.18. The number of carboxylic acid groups (broad SMARTS) is 1. The Bertz CT molecular complexity index is 424. The lowest BCUT2D eigenvalue weighted by molar-refractivity contribution is -0.140. The van der Waals surface area contributed by atoms with Gasteiger partial charge in [0.15, 0.2) is 0 Å². The summed E-state index contributed by atoms with van der Waals surface area (Å²) in [7, 11) is 0. The molecule has 1 amide bonds. The van der Waals surface area contributed by atoms with Crippen molar-refractivity contribution in [3.8, 4) is 0 Å². The van der Waals surface area contributed by atoms with Crippen molar-refractivity contribution in [3.05, 3.63) is 21.3 Å². The number of carbonyl (C=O) groups excluding carboxylic acids is 1. The van der Waals surface area contributed by atoms with Gasteiger partial charge in [-0.15, -0.1) is 11.3 Å². The molecule has 1 atom stereocenters. The quantitative estimate of drug-likeness (QED) is 0.871. The van der Waals surface area contributed by atoms with E-state index in [-0.39, 0.29) is 4.88 Å². The van der Waals surface area contributed by atoms with Gasteiger partial charge < -0.3 is 10.4 Å². The van der Waals surface area contributed by atoms with Crippen molar-refractivity contribution in [2.75, 3.05) is 0 Å². The minimum Gasteiger partial charge on any atom is -0.480 e. The minimum absolute atomic E-state index is 0.176. The van der Waals surface area contributed by atoms with Crippen molar-refractivity contribution in [1.29, 1.82) is 0 Å². The first kappa shape index (κ1) is 13.9. The highest BCUT2D eigenvalue weighted by atomic mass is 35.5. The van der Waals surface area contributed by atoms with Crippen LogP contribution in [-0.2, 0) is 4.79 Å². The molecule has 94 valence electrons. The molecular formula is C9H8ClF2NO3S. The summed E-state index contributed by atoms with van der Waals surface area (Å²) in [4.78, 5) is 22.3. The molecule has 1 heterocycles. The van der Waals surface area contributed by atoms with Crippen LogP contribution in [0.15, 0.2) is 12.1 Å². The number of rotatable bonds is 5. The van der Waals surface area contributed by atoms with Gasteiger partial charge in [-0.05, 0) is 12.1 Å². The minimum atomic E-state index is -2.80. The molecule has 1 unspecified atom stereocenters. The summed E-state index contributed by atoms with van der Waals surface area (Å²) in [5, 5.41) is 10.7. The maximum Gasteiger partial charge on any atom is 0.326 e. The fourth-order valence-corrected chi connectivity index (χ4v) is 2.01. The van der Waals surface area contributed by atoms with Gasteiger partial charge in [-0.1, -0.05) is 11.6 Å². The number of aliphatic carboxylic acids is 1. The van der Waals surface area contributed by atoms with Crippen molar-refractivity contribution in [3.63, 3.8) is 0 Å². The van der Waals surface area contributed by atoms with E-state index in [0.717, 1.165) is 11.3 Å². The second-order valence-corrected chi connectivity index (χ2v) is 4.81. The van der Waals surface area contributed by atoms with Crippen molar-refractivity contribution in [2.24, 2.45) is 0 Å². The predicted molar refractivity (Wildman–Crippen MR) is 58.8 cm³/mol. The number of carbonyl (C=O) groups is 2. The van der Waals surface area contributed by atoms with Gasteiger partial charge in [0.2, 0.25) is 6.43 Å². The Balaban J connectivity index is 2.67. The fourth-order valence-electron chi connectivity index (χ4n) is 1.07. The Morgan fingerprint density at radius 1 is 1.47 bits per heavy atom. The topological polar surface area (TPSA) is 66.4 Å². The Kier molecular flexibility index (Phi) is 4.83. The van der Waals surface area contributed by atoms with Crippen molar-refractivity contribution >= 4 is 34.8 Å². The smallest absolute Gasteiger partial charge is 0.326 e. The van der Waals surface area contributed by atoms with Gasteiger partial charge in [-0.3, -0.25) is 4.79 Å². The molecule has 0 radical (unpaired) electrons. The standard InChI is InChI=1S/C9H8ClF2NO3S/c10-6-2-1-5(17-6)8(14)13-4(9(15)16)3-7(11)12/h1-2,4,7H,3H2,(H,13,14)(H,15,16). The van der Waals surface area contributed by atoms with Gasteiger partial charge in [0.1, 0.15) is 6.04 Å². The lowest BCUT2D eigenvalue weighted by Crippen LogP contribution is -2.41. The van der Waals surface area contributed by atoms with Crippen LogP contribution in [0.3, 0.4) is 0 Å². The molecule has 0 aliphatic heterocycles. The first-order valence-corrected chi connectivity index (χ1v) is 5.66. The third kappa shape index (κ3) is 4.27. The van der Waals surface area contributed by atoms with E-state index in [2.05, 4.69) is 0 Å². The maximum atomic E-state index is 12.1. The van der Waals surface area contributed by atoms with Crippen LogP contribution in [0, 0.1) is 0 Å². The van der Waals surface area contributed by atoms with Crippen LogP contribution in [0.5, 0.6) is 0 Å². The van der Waals surface area contributed by atoms with Crippen LogP contribution < -0.4 is 5.32 Å². The molecule has 0 fully saturated rings. The zero-order valence-electron chi connectivity index (χ0n) is 8.32. The summed E-state index contributed by atoms with van der Waals surface area (Å²) in [5.74, 6) is -2.23. The molecule has 0 aromatic carbocycles. The van der Waals surface area contributed by atoms with Crippen LogP contribution in [0.1, 0.15) is 16.1 Å². The Hall–Kier alpha value is -1.21. The number of halogens is 3. The Labute approximate surface area is 104 Å². The summed E-state index contributed by atoms with van der Waals surface area (Å²) < 4.78 is 24.5. The molecule has 0 saturated heterocycles. The van der Waals surface area contributed by atoms with E-state index in [9.17, 15) is 18.4 Å². The number of alkyl halides is 2. The van der Waals surface area contributed by atoms with Crippen LogP contribution in [-0.4, -0.2) is 29.5 Å². The summed E-state index contributed by atoms with van der Waals surface area (Å²) in [5.41, 5.74) is 0. The molecule has 0 aliphatic carbocycles. The monoisotopic (exact) mass is 283 g/mol. The van der Waals surface area contributed by atoms with E-state index in [1.165, 1.54) is 12.1 Å². The number of hydrogen-bond acceptors (Lipinski definition) is 3. The zero-order valence-corrected chi connectivity index (χ0v) is 9.89. The molecule has 2 N–H and O–H groups in total. The largest absolute Gasteiger partial charge is 0.480 e. The second kappa shape index (κ2) is 5.92. The van der Waals surface area contributed by atoms with Crippen LogP contribution in [0.2, 0.25) is 4.34 Å². The third-order valence-electron chi connectivity index (χ3n) is 1.81. The van der Waals surface area contributed by atoms with E-state index in [1.54, 1.807) is 0 Å². The molecule has 0 bridgehead atoms. The van der Waals surface area contributed by atoms with Gasteiger partial charge >= 0.3 is 5.97 Å². The predicted octanol–water partition coefficient (Wildman–Crippen LogP) is 2.24. The molecule has 1 aromatic rings. The van der Waals surface area contributed by atoms with Crippen LogP contribution >= 0.6 is 22.9 Å². The normalized spacial score (nSPS) is 12.5. The summed E-state index contributed by atoms with van der Waals surface area (Å²) in [6.07, 6.45) is -3.73. The highest BCUT2D eigenvalue weighted by Gasteiger charge is 2.25. The molecule has 0 aliphatic rings. The van der Waals surface area contributed by atoms with Gasteiger partial charge in [-0.2, -0.15) is 0 Å². The van der Waals surface area contributed by atoms with E-state index in [4.69, 9.17) is 16.7 Å². The number of amides is 1. The lowest BCUT2D eigenvalue weighted by atomic mass is 10.2. The summed E-state index contributed by atoms with van der Waals surface area (Å²) >= 11 is 6.53. The molecule has 0 spiro atoms. The summed E-state index contributed by atoms with van der Waals surface area (Å²) in [6.45, 7) is 0. The van der Waals surface area contributed by atoms with Gasteiger partial charge in [0, 0.05) is 6.42 Å². The van der Waals surface area contributed by atoms with Crippen LogP contribution in [0.25, 0.3) is 0 Å².